The molecule has 0 N–H and O–H groups in total. The Hall–Kier alpha value is -3.85. The van der Waals surface area contributed by atoms with Gasteiger partial charge in [-0.15, -0.1) is 11.3 Å². The Labute approximate surface area is 254 Å². The Morgan fingerprint density at radius 1 is 1.02 bits per heavy atom. The number of ether oxygens (including phenoxy) is 3. The van der Waals surface area contributed by atoms with E-state index in [9.17, 15) is 4.79 Å². The first-order valence-electron chi connectivity index (χ1n) is 13.6. The van der Waals surface area contributed by atoms with E-state index < -0.39 is 17.7 Å². The molecular weight excluding hydrogens is 570 g/mol. The molecule has 0 saturated heterocycles. The van der Waals surface area contributed by atoms with Gasteiger partial charge in [-0.3, -0.25) is 4.98 Å². The largest absolute Gasteiger partial charge is 0.481 e. The quantitative estimate of drug-likeness (QED) is 0.165. The number of hydrogen-bond donors (Lipinski definition) is 0. The van der Waals surface area contributed by atoms with E-state index in [0.29, 0.717) is 10.9 Å². The van der Waals surface area contributed by atoms with Gasteiger partial charge in [-0.2, -0.15) is 0 Å². The Kier molecular flexibility index (Phi) is 8.59. The van der Waals surface area contributed by atoms with Crippen molar-refractivity contribution in [2.45, 2.75) is 46.3 Å². The minimum Gasteiger partial charge on any atom is -0.481 e. The maximum Gasteiger partial charge on any atom is 0.339 e. The summed E-state index contributed by atoms with van der Waals surface area (Å²) in [7, 11) is 1.59. The first kappa shape index (κ1) is 29.6. The molecule has 5 aromatic rings. The predicted octanol–water partition coefficient (Wildman–Crippen LogP) is 8.48. The fourth-order valence-electron chi connectivity index (χ4n) is 4.83. The summed E-state index contributed by atoms with van der Waals surface area (Å²) in [5, 5.41) is 1.44. The van der Waals surface area contributed by atoms with Crippen molar-refractivity contribution >= 4 is 39.1 Å². The number of carbonyl (C=O) groups excluding carboxylic acids is 1. The van der Waals surface area contributed by atoms with Crippen LogP contribution in [0, 0.1) is 6.92 Å². The highest BCUT2D eigenvalue weighted by atomic mass is 35.5. The van der Waals surface area contributed by atoms with Crippen molar-refractivity contribution in [3.05, 3.63) is 83.1 Å². The van der Waals surface area contributed by atoms with Crippen LogP contribution >= 0.6 is 22.9 Å². The molecule has 5 rings (SSSR count). The number of esters is 1. The number of rotatable bonds is 8. The normalized spacial score (nSPS) is 12.4. The number of aromatic nitrogens is 3. The van der Waals surface area contributed by atoms with Crippen LogP contribution in [0.3, 0.4) is 0 Å². The van der Waals surface area contributed by atoms with Gasteiger partial charge in [0.15, 0.2) is 6.10 Å². The average Bonchev–Trinajstić information content (AvgIpc) is 3.39. The first-order chi connectivity index (χ1) is 20.1. The minimum absolute atomic E-state index is 0.247. The van der Waals surface area contributed by atoms with Crippen molar-refractivity contribution in [3.63, 3.8) is 0 Å². The van der Waals surface area contributed by atoms with Crippen LogP contribution in [0.1, 0.15) is 44.9 Å². The van der Waals surface area contributed by atoms with Gasteiger partial charge >= 0.3 is 5.97 Å². The molecule has 0 aliphatic heterocycles. The van der Waals surface area contributed by atoms with Gasteiger partial charge in [0.25, 0.3) is 0 Å². The molecule has 0 aliphatic rings. The van der Waals surface area contributed by atoms with Gasteiger partial charge < -0.3 is 14.2 Å². The van der Waals surface area contributed by atoms with E-state index in [0.717, 1.165) is 54.3 Å². The summed E-state index contributed by atoms with van der Waals surface area (Å²) in [6.45, 7) is 9.80. The molecule has 1 atom stereocenters. The lowest BCUT2D eigenvalue weighted by Gasteiger charge is -2.29. The summed E-state index contributed by atoms with van der Waals surface area (Å²) in [6, 6.07) is 17.3. The lowest BCUT2D eigenvalue weighted by molar-refractivity contribution is -0.166. The number of carbonyl (C=O) groups is 1. The highest BCUT2D eigenvalue weighted by Crippen LogP contribution is 2.45. The summed E-state index contributed by atoms with van der Waals surface area (Å²) < 4.78 is 18.3. The summed E-state index contributed by atoms with van der Waals surface area (Å²) >= 11 is 7.82. The van der Waals surface area contributed by atoms with Gasteiger partial charge in [-0.05, 0) is 88.2 Å². The number of nitrogens with zero attached hydrogens (tertiary/aromatic N) is 3. The molecule has 216 valence electrons. The number of pyridine rings is 2. The van der Waals surface area contributed by atoms with E-state index >= 15 is 0 Å². The van der Waals surface area contributed by atoms with Crippen LogP contribution in [0.25, 0.3) is 43.2 Å². The molecule has 7 nitrogen and oxygen atoms in total. The van der Waals surface area contributed by atoms with E-state index in [2.05, 4.69) is 9.97 Å². The SMILES string of the molecule is CCOC(=O)C(OC(C)(C)C)c1c(C)cc2nc(-c3ccnc(-c4cccnc4OC)c3)sc2c1-c1ccc(Cl)cc1. The van der Waals surface area contributed by atoms with Crippen LogP contribution in [0.2, 0.25) is 5.02 Å². The Bertz CT molecular complexity index is 1750. The van der Waals surface area contributed by atoms with E-state index in [-0.39, 0.29) is 6.61 Å². The Morgan fingerprint density at radius 2 is 1.79 bits per heavy atom. The third kappa shape index (κ3) is 6.16. The van der Waals surface area contributed by atoms with Crippen LogP contribution in [-0.4, -0.2) is 40.2 Å². The molecule has 0 aliphatic carbocycles. The molecular formula is C33H32ClN3O4S. The fraction of sp³-hybridized carbons (Fsp3) is 0.273. The van der Waals surface area contributed by atoms with Crippen molar-refractivity contribution in [2.75, 3.05) is 13.7 Å². The van der Waals surface area contributed by atoms with Crippen molar-refractivity contribution < 1.29 is 19.0 Å². The molecule has 2 aromatic carbocycles. The van der Waals surface area contributed by atoms with Gasteiger partial charge in [0, 0.05) is 34.1 Å². The molecule has 0 spiro atoms. The number of benzene rings is 2. The second-order valence-electron chi connectivity index (χ2n) is 10.7. The third-order valence-corrected chi connectivity index (χ3v) is 7.93. The lowest BCUT2D eigenvalue weighted by Crippen LogP contribution is -2.29. The summed E-state index contributed by atoms with van der Waals surface area (Å²) in [6.07, 6.45) is 2.51. The predicted molar refractivity (Wildman–Crippen MR) is 168 cm³/mol. The Morgan fingerprint density at radius 3 is 2.48 bits per heavy atom. The second-order valence-corrected chi connectivity index (χ2v) is 12.1. The van der Waals surface area contributed by atoms with Gasteiger partial charge in [-0.25, -0.2) is 14.8 Å². The van der Waals surface area contributed by atoms with Crippen LogP contribution < -0.4 is 4.74 Å². The maximum atomic E-state index is 13.4. The molecule has 0 amide bonds. The number of methoxy groups -OCH3 is 1. The van der Waals surface area contributed by atoms with Crippen LogP contribution in [0.4, 0.5) is 0 Å². The van der Waals surface area contributed by atoms with E-state index in [1.165, 1.54) is 0 Å². The number of halogens is 1. The summed E-state index contributed by atoms with van der Waals surface area (Å²) in [4.78, 5) is 27.3. The molecule has 3 aromatic heterocycles. The molecule has 0 saturated carbocycles. The minimum atomic E-state index is -0.934. The van der Waals surface area contributed by atoms with Crippen molar-refractivity contribution in [1.82, 2.24) is 15.0 Å². The van der Waals surface area contributed by atoms with Crippen molar-refractivity contribution in [1.29, 1.82) is 0 Å². The Balaban J connectivity index is 1.74. The third-order valence-electron chi connectivity index (χ3n) is 6.54. The first-order valence-corrected chi connectivity index (χ1v) is 14.8. The summed E-state index contributed by atoms with van der Waals surface area (Å²) in [5.74, 6) is 0.0691. The number of thiazole rings is 1. The molecule has 3 heterocycles. The molecule has 9 heteroatoms. The lowest BCUT2D eigenvalue weighted by atomic mass is 9.91. The second kappa shape index (κ2) is 12.2. The maximum absolute atomic E-state index is 13.4. The fourth-order valence-corrected chi connectivity index (χ4v) is 6.08. The smallest absolute Gasteiger partial charge is 0.339 e. The topological polar surface area (TPSA) is 83.4 Å². The average molecular weight is 602 g/mol. The van der Waals surface area contributed by atoms with Crippen molar-refractivity contribution in [3.8, 4) is 38.8 Å². The van der Waals surface area contributed by atoms with Crippen molar-refractivity contribution in [2.24, 2.45) is 0 Å². The van der Waals surface area contributed by atoms with Gasteiger partial charge in [0.05, 0.1) is 40.8 Å². The molecule has 1 unspecified atom stereocenters. The zero-order valence-corrected chi connectivity index (χ0v) is 26.0. The van der Waals surface area contributed by atoms with Crippen LogP contribution in [-0.2, 0) is 14.3 Å². The monoisotopic (exact) mass is 601 g/mol. The molecule has 42 heavy (non-hydrogen) atoms. The van der Waals surface area contributed by atoms with E-state index in [1.54, 1.807) is 37.8 Å². The molecule has 0 radical (unpaired) electrons. The molecule has 0 bridgehead atoms. The highest BCUT2D eigenvalue weighted by molar-refractivity contribution is 7.22. The number of hydrogen-bond acceptors (Lipinski definition) is 8. The number of aryl methyl sites for hydroxylation is 1. The zero-order valence-electron chi connectivity index (χ0n) is 24.4. The standard InChI is InChI=1S/C33H32ClN3O4S/c1-7-40-32(38)28(41-33(3,4)5)26-19(2)17-25-29(27(26)20-10-12-22(34)13-11-20)42-31(37-25)21-14-16-35-24(18-21)23-9-8-15-36-30(23)39-6/h8-18,28H,7H2,1-6H3. The van der Waals surface area contributed by atoms with Crippen LogP contribution in [0.5, 0.6) is 5.88 Å². The zero-order chi connectivity index (χ0) is 30.0. The highest BCUT2D eigenvalue weighted by Gasteiger charge is 2.33. The van der Waals surface area contributed by atoms with E-state index in [4.69, 9.17) is 30.8 Å². The number of fused-ring (bicyclic) bond motifs is 1. The summed E-state index contributed by atoms with van der Waals surface area (Å²) in [5.41, 5.74) is 6.04. The van der Waals surface area contributed by atoms with Gasteiger partial charge in [-0.1, -0.05) is 23.7 Å². The van der Waals surface area contributed by atoms with E-state index in [1.807, 2.05) is 82.3 Å². The van der Waals surface area contributed by atoms with Gasteiger partial charge in [0.1, 0.15) is 5.01 Å². The van der Waals surface area contributed by atoms with Gasteiger partial charge in [0.2, 0.25) is 5.88 Å². The van der Waals surface area contributed by atoms with Crippen LogP contribution in [0.15, 0.2) is 67.0 Å². The molecule has 0 fully saturated rings.